The number of anilines is 1. The molecule has 0 unspecified atom stereocenters. The van der Waals surface area contributed by atoms with Gasteiger partial charge in [0, 0.05) is 10.7 Å². The first kappa shape index (κ1) is 16.0. The number of carbonyl (C=O) groups excluding carboxylic acids is 1. The number of hydrogen-bond acceptors (Lipinski definition) is 4. The number of carbonyl (C=O) groups is 1. The van der Waals surface area contributed by atoms with Crippen molar-refractivity contribution in [2.24, 2.45) is 0 Å². The van der Waals surface area contributed by atoms with Gasteiger partial charge in [0.05, 0.1) is 4.90 Å². The van der Waals surface area contributed by atoms with E-state index < -0.39 is 20.5 Å². The molecule has 0 radical (unpaired) electrons. The minimum atomic E-state index is -3.77. The molecule has 1 aromatic heterocycles. The highest BCUT2D eigenvalue weighted by Crippen LogP contribution is 2.47. The van der Waals surface area contributed by atoms with Gasteiger partial charge in [-0.15, -0.1) is 0 Å². The molecule has 1 heterocycles. The molecular formula is C16H15ClN2O3S. The van der Waals surface area contributed by atoms with Gasteiger partial charge in [0.1, 0.15) is 5.82 Å². The Hall–Kier alpha value is -1.92. The quantitative estimate of drug-likeness (QED) is 0.919. The third-order valence-corrected chi connectivity index (χ3v) is 6.65. The molecule has 120 valence electrons. The average molecular weight is 351 g/mol. The average Bonchev–Trinajstić information content (AvgIpc) is 3.30. The standard InChI is InChI=1S/C16H15ClN2O3S/c1-11-3-2-4-14(18-11)19-15(20)16(9-10-16)23(21,22)13-7-5-12(17)6-8-13/h2-8H,9-10H2,1H3,(H,18,19,20). The summed E-state index contributed by atoms with van der Waals surface area (Å²) in [5, 5.41) is 3.06. The van der Waals surface area contributed by atoms with E-state index in [1.807, 2.05) is 0 Å². The molecule has 5 nitrogen and oxygen atoms in total. The Morgan fingerprint density at radius 2 is 1.83 bits per heavy atom. The van der Waals surface area contributed by atoms with Crippen LogP contribution in [0.5, 0.6) is 0 Å². The molecule has 1 aliphatic carbocycles. The van der Waals surface area contributed by atoms with Crippen molar-refractivity contribution in [1.82, 2.24) is 4.98 Å². The lowest BCUT2D eigenvalue weighted by molar-refractivity contribution is -0.116. The molecule has 1 fully saturated rings. The van der Waals surface area contributed by atoms with E-state index in [0.29, 0.717) is 23.7 Å². The first-order valence-electron chi connectivity index (χ1n) is 7.10. The zero-order chi connectivity index (χ0) is 16.7. The fraction of sp³-hybridized carbons (Fsp3) is 0.250. The van der Waals surface area contributed by atoms with Crippen molar-refractivity contribution in [3.05, 3.63) is 53.2 Å². The fourth-order valence-electron chi connectivity index (χ4n) is 2.41. The fourth-order valence-corrected chi connectivity index (χ4v) is 4.42. The zero-order valence-corrected chi connectivity index (χ0v) is 14.0. The third kappa shape index (κ3) is 2.84. The second-order valence-electron chi connectivity index (χ2n) is 5.57. The first-order valence-corrected chi connectivity index (χ1v) is 8.97. The number of aryl methyl sites for hydroxylation is 1. The van der Waals surface area contributed by atoms with Crippen LogP contribution in [0.4, 0.5) is 5.82 Å². The summed E-state index contributed by atoms with van der Waals surface area (Å²) in [5.74, 6) is -0.182. The molecule has 0 aliphatic heterocycles. The van der Waals surface area contributed by atoms with Crippen molar-refractivity contribution in [3.8, 4) is 0 Å². The largest absolute Gasteiger partial charge is 0.309 e. The van der Waals surface area contributed by atoms with Gasteiger partial charge in [-0.05, 0) is 56.2 Å². The number of pyridine rings is 1. The molecule has 0 saturated heterocycles. The van der Waals surface area contributed by atoms with Crippen LogP contribution in [0, 0.1) is 6.92 Å². The molecule has 1 aromatic carbocycles. The molecule has 0 bridgehead atoms. The molecule has 1 amide bonds. The number of benzene rings is 1. The zero-order valence-electron chi connectivity index (χ0n) is 12.4. The second-order valence-corrected chi connectivity index (χ2v) is 8.27. The number of nitrogens with zero attached hydrogens (tertiary/aromatic N) is 1. The van der Waals surface area contributed by atoms with Gasteiger partial charge in [-0.1, -0.05) is 17.7 Å². The maximum absolute atomic E-state index is 12.8. The lowest BCUT2D eigenvalue weighted by Gasteiger charge is -2.16. The van der Waals surface area contributed by atoms with E-state index in [1.165, 1.54) is 24.3 Å². The molecule has 2 aromatic rings. The van der Waals surface area contributed by atoms with Crippen molar-refractivity contribution in [2.75, 3.05) is 5.32 Å². The van der Waals surface area contributed by atoms with Crippen LogP contribution < -0.4 is 5.32 Å². The number of aromatic nitrogens is 1. The number of halogens is 1. The molecule has 1 saturated carbocycles. The Kier molecular flexibility index (Phi) is 3.90. The summed E-state index contributed by atoms with van der Waals surface area (Å²) < 4.78 is 24.2. The molecule has 0 atom stereocenters. The van der Waals surface area contributed by atoms with E-state index in [-0.39, 0.29) is 4.90 Å². The first-order chi connectivity index (χ1) is 10.8. The summed E-state index contributed by atoms with van der Waals surface area (Å²) in [7, 11) is -3.77. The third-order valence-electron chi connectivity index (χ3n) is 3.89. The predicted molar refractivity (Wildman–Crippen MR) is 88.2 cm³/mol. The Morgan fingerprint density at radius 3 is 2.39 bits per heavy atom. The van der Waals surface area contributed by atoms with Crippen LogP contribution in [-0.2, 0) is 14.6 Å². The van der Waals surface area contributed by atoms with Crippen LogP contribution in [0.15, 0.2) is 47.4 Å². The van der Waals surface area contributed by atoms with E-state index in [1.54, 1.807) is 25.1 Å². The number of rotatable bonds is 4. The minimum Gasteiger partial charge on any atom is -0.309 e. The van der Waals surface area contributed by atoms with Gasteiger partial charge in [-0.3, -0.25) is 4.79 Å². The number of amides is 1. The summed E-state index contributed by atoms with van der Waals surface area (Å²) in [6, 6.07) is 11.1. The SMILES string of the molecule is Cc1cccc(NC(=O)C2(S(=O)(=O)c3ccc(Cl)cc3)CC2)n1. The molecule has 1 aliphatic rings. The summed E-state index contributed by atoms with van der Waals surface area (Å²) in [5.41, 5.74) is 0.744. The maximum Gasteiger partial charge on any atom is 0.247 e. The van der Waals surface area contributed by atoms with Crippen molar-refractivity contribution in [2.45, 2.75) is 29.4 Å². The minimum absolute atomic E-state index is 0.103. The van der Waals surface area contributed by atoms with Gasteiger partial charge in [-0.2, -0.15) is 0 Å². The van der Waals surface area contributed by atoms with Crippen molar-refractivity contribution < 1.29 is 13.2 Å². The molecular weight excluding hydrogens is 336 g/mol. The van der Waals surface area contributed by atoms with Crippen LogP contribution in [-0.4, -0.2) is 24.1 Å². The topological polar surface area (TPSA) is 76.1 Å². The Balaban J connectivity index is 1.89. The van der Waals surface area contributed by atoms with Gasteiger partial charge >= 0.3 is 0 Å². The number of nitrogens with one attached hydrogen (secondary N) is 1. The van der Waals surface area contributed by atoms with Gasteiger partial charge < -0.3 is 5.32 Å². The highest BCUT2D eigenvalue weighted by Gasteiger charge is 2.61. The van der Waals surface area contributed by atoms with Crippen LogP contribution in [0.2, 0.25) is 5.02 Å². The monoisotopic (exact) mass is 350 g/mol. The molecule has 7 heteroatoms. The van der Waals surface area contributed by atoms with Crippen molar-refractivity contribution >= 4 is 33.2 Å². The van der Waals surface area contributed by atoms with E-state index in [9.17, 15) is 13.2 Å². The molecule has 3 rings (SSSR count). The van der Waals surface area contributed by atoms with E-state index >= 15 is 0 Å². The number of hydrogen-bond donors (Lipinski definition) is 1. The van der Waals surface area contributed by atoms with Gasteiger partial charge in [0.15, 0.2) is 14.6 Å². The summed E-state index contributed by atoms with van der Waals surface area (Å²) in [4.78, 5) is 16.8. The van der Waals surface area contributed by atoms with Gasteiger partial charge in [0.25, 0.3) is 0 Å². The van der Waals surface area contributed by atoms with Gasteiger partial charge in [0.2, 0.25) is 5.91 Å². The lowest BCUT2D eigenvalue weighted by Crippen LogP contribution is -2.37. The Bertz CT molecular complexity index is 859. The van der Waals surface area contributed by atoms with Gasteiger partial charge in [-0.25, -0.2) is 13.4 Å². The highest BCUT2D eigenvalue weighted by molar-refractivity contribution is 7.94. The van der Waals surface area contributed by atoms with Crippen LogP contribution >= 0.6 is 11.6 Å². The normalized spacial score (nSPS) is 15.9. The smallest absolute Gasteiger partial charge is 0.247 e. The predicted octanol–water partition coefficient (Wildman–Crippen LogP) is 2.99. The summed E-state index contributed by atoms with van der Waals surface area (Å²) in [6.07, 6.45) is 0.602. The Morgan fingerprint density at radius 1 is 1.17 bits per heavy atom. The summed E-state index contributed by atoms with van der Waals surface area (Å²) in [6.45, 7) is 1.80. The molecule has 23 heavy (non-hydrogen) atoms. The van der Waals surface area contributed by atoms with Crippen molar-refractivity contribution in [1.29, 1.82) is 0 Å². The van der Waals surface area contributed by atoms with Crippen LogP contribution in [0.1, 0.15) is 18.5 Å². The van der Waals surface area contributed by atoms with Crippen LogP contribution in [0.3, 0.4) is 0 Å². The maximum atomic E-state index is 12.8. The van der Waals surface area contributed by atoms with E-state index in [4.69, 9.17) is 11.6 Å². The van der Waals surface area contributed by atoms with Crippen molar-refractivity contribution in [3.63, 3.8) is 0 Å². The second kappa shape index (κ2) is 5.62. The highest BCUT2D eigenvalue weighted by atomic mass is 35.5. The van der Waals surface area contributed by atoms with E-state index in [0.717, 1.165) is 5.69 Å². The summed E-state index contributed by atoms with van der Waals surface area (Å²) >= 11 is 5.79. The number of sulfone groups is 1. The molecule has 1 N–H and O–H groups in total. The lowest BCUT2D eigenvalue weighted by atomic mass is 10.3. The van der Waals surface area contributed by atoms with E-state index in [2.05, 4.69) is 10.3 Å². The molecule has 0 spiro atoms. The van der Waals surface area contributed by atoms with Crippen LogP contribution in [0.25, 0.3) is 0 Å². The Labute approximate surface area is 139 Å².